The second-order valence-corrected chi connectivity index (χ2v) is 8.60. The summed E-state index contributed by atoms with van der Waals surface area (Å²) in [6.45, 7) is -1.00. The molecule has 2 aromatic rings. The third-order valence-electron chi connectivity index (χ3n) is 4.30. The third kappa shape index (κ3) is 6.31. The SMILES string of the molecule is O=C(Nc1ccc(F)cc1)Nc1cc(S(=O)(=O)N2CCOCC2)ccc1OCC(F)(F)F. The highest BCUT2D eigenvalue weighted by Gasteiger charge is 2.30. The van der Waals surface area contributed by atoms with Crippen molar-refractivity contribution in [3.8, 4) is 5.75 Å². The van der Waals surface area contributed by atoms with E-state index in [1.165, 1.54) is 16.4 Å². The summed E-state index contributed by atoms with van der Waals surface area (Å²) in [7, 11) is -3.98. The maximum Gasteiger partial charge on any atom is 0.422 e. The zero-order chi connectivity index (χ0) is 23.4. The van der Waals surface area contributed by atoms with E-state index >= 15 is 0 Å². The molecule has 1 saturated heterocycles. The van der Waals surface area contributed by atoms with E-state index in [4.69, 9.17) is 9.47 Å². The van der Waals surface area contributed by atoms with Gasteiger partial charge in [-0.2, -0.15) is 17.5 Å². The summed E-state index contributed by atoms with van der Waals surface area (Å²) in [6.07, 6.45) is -4.65. The van der Waals surface area contributed by atoms with Crippen molar-refractivity contribution in [1.29, 1.82) is 0 Å². The van der Waals surface area contributed by atoms with Gasteiger partial charge in [-0.15, -0.1) is 0 Å². The van der Waals surface area contributed by atoms with Gasteiger partial charge in [0.2, 0.25) is 10.0 Å². The molecule has 2 amide bonds. The Morgan fingerprint density at radius 3 is 2.34 bits per heavy atom. The van der Waals surface area contributed by atoms with Gasteiger partial charge in [-0.3, -0.25) is 0 Å². The van der Waals surface area contributed by atoms with Crippen LogP contribution in [0.2, 0.25) is 0 Å². The molecule has 2 aromatic carbocycles. The van der Waals surface area contributed by atoms with Gasteiger partial charge in [-0.05, 0) is 42.5 Å². The lowest BCUT2D eigenvalue weighted by Crippen LogP contribution is -2.40. The maximum absolute atomic E-state index is 13.0. The van der Waals surface area contributed by atoms with Crippen molar-refractivity contribution in [2.45, 2.75) is 11.1 Å². The van der Waals surface area contributed by atoms with E-state index < -0.39 is 34.7 Å². The molecule has 0 saturated carbocycles. The van der Waals surface area contributed by atoms with Crippen molar-refractivity contribution in [2.24, 2.45) is 0 Å². The summed E-state index contributed by atoms with van der Waals surface area (Å²) in [6, 6.07) is 7.00. The number of ether oxygens (including phenoxy) is 2. The second kappa shape index (κ2) is 9.71. The van der Waals surface area contributed by atoms with Crippen LogP contribution in [0.1, 0.15) is 0 Å². The first-order valence-electron chi connectivity index (χ1n) is 9.30. The van der Waals surface area contributed by atoms with Gasteiger partial charge in [-0.25, -0.2) is 17.6 Å². The van der Waals surface area contributed by atoms with Gasteiger partial charge in [0.25, 0.3) is 0 Å². The number of urea groups is 1. The molecule has 0 aliphatic carbocycles. The molecule has 1 aliphatic heterocycles. The van der Waals surface area contributed by atoms with Crippen LogP contribution in [0.15, 0.2) is 47.4 Å². The Hall–Kier alpha value is -2.90. The Morgan fingerprint density at radius 2 is 1.72 bits per heavy atom. The summed E-state index contributed by atoms with van der Waals surface area (Å²) < 4.78 is 87.6. The van der Waals surface area contributed by atoms with Crippen molar-refractivity contribution >= 4 is 27.4 Å². The number of carbonyl (C=O) groups is 1. The van der Waals surface area contributed by atoms with Crippen molar-refractivity contribution in [2.75, 3.05) is 43.5 Å². The topological polar surface area (TPSA) is 97.0 Å². The second-order valence-electron chi connectivity index (χ2n) is 6.66. The largest absolute Gasteiger partial charge is 0.482 e. The van der Waals surface area contributed by atoms with E-state index in [2.05, 4.69) is 10.6 Å². The first-order valence-corrected chi connectivity index (χ1v) is 10.7. The van der Waals surface area contributed by atoms with Crippen molar-refractivity contribution < 1.29 is 40.2 Å². The van der Waals surface area contributed by atoms with Crippen molar-refractivity contribution in [3.63, 3.8) is 0 Å². The molecule has 8 nitrogen and oxygen atoms in total. The van der Waals surface area contributed by atoms with E-state index in [0.717, 1.165) is 30.3 Å². The number of sulfonamides is 1. The number of benzene rings is 2. The fraction of sp³-hybridized carbons (Fsp3) is 0.316. The lowest BCUT2D eigenvalue weighted by molar-refractivity contribution is -0.153. The number of halogens is 4. The highest BCUT2D eigenvalue weighted by molar-refractivity contribution is 7.89. The zero-order valence-corrected chi connectivity index (χ0v) is 17.3. The van der Waals surface area contributed by atoms with Gasteiger partial charge >= 0.3 is 12.2 Å². The fourth-order valence-electron chi connectivity index (χ4n) is 2.81. The van der Waals surface area contributed by atoms with Gasteiger partial charge in [0.1, 0.15) is 11.6 Å². The number of alkyl halides is 3. The molecular weight excluding hydrogens is 458 g/mol. The van der Waals surface area contributed by atoms with Gasteiger partial charge in [0.15, 0.2) is 6.61 Å². The number of nitrogens with one attached hydrogen (secondary N) is 2. The number of morpholine rings is 1. The Kier molecular flexibility index (Phi) is 7.21. The average molecular weight is 477 g/mol. The number of carbonyl (C=O) groups excluding carboxylic acids is 1. The molecule has 0 bridgehead atoms. The van der Waals surface area contributed by atoms with Crippen LogP contribution in [0, 0.1) is 5.82 Å². The number of rotatable bonds is 6. The van der Waals surface area contributed by atoms with E-state index in [1.54, 1.807) is 0 Å². The predicted octanol–water partition coefficient (Wildman–Crippen LogP) is 3.43. The van der Waals surface area contributed by atoms with E-state index in [1.807, 2.05) is 0 Å². The van der Waals surface area contributed by atoms with Crippen molar-refractivity contribution in [3.05, 3.63) is 48.3 Å². The molecule has 1 heterocycles. The Bertz CT molecular complexity index is 1060. The molecule has 2 N–H and O–H groups in total. The van der Waals surface area contributed by atoms with Crippen LogP contribution in [0.5, 0.6) is 5.75 Å². The normalized spacial score (nSPS) is 15.2. The molecule has 32 heavy (non-hydrogen) atoms. The molecule has 13 heteroatoms. The summed E-state index contributed by atoms with van der Waals surface area (Å²) in [4.78, 5) is 12.1. The van der Waals surface area contributed by atoms with Gasteiger partial charge in [-0.1, -0.05) is 0 Å². The summed E-state index contributed by atoms with van der Waals surface area (Å²) in [5, 5.41) is 4.65. The molecule has 0 atom stereocenters. The van der Waals surface area contributed by atoms with Crippen LogP contribution in [-0.4, -0.2) is 57.8 Å². The minimum absolute atomic E-state index is 0.114. The van der Waals surface area contributed by atoms with Gasteiger partial charge < -0.3 is 20.1 Å². The fourth-order valence-corrected chi connectivity index (χ4v) is 4.24. The quantitative estimate of drug-likeness (QED) is 0.622. The smallest absolute Gasteiger partial charge is 0.422 e. The van der Waals surface area contributed by atoms with E-state index in [9.17, 15) is 30.8 Å². The number of hydrogen-bond acceptors (Lipinski definition) is 5. The van der Waals surface area contributed by atoms with Crippen LogP contribution in [-0.2, 0) is 14.8 Å². The molecule has 174 valence electrons. The van der Waals surface area contributed by atoms with Crippen LogP contribution in [0.4, 0.5) is 33.7 Å². The molecular formula is C19H19F4N3O5S. The zero-order valence-electron chi connectivity index (χ0n) is 16.5. The van der Waals surface area contributed by atoms with Crippen LogP contribution in [0.3, 0.4) is 0 Å². The molecule has 0 radical (unpaired) electrons. The third-order valence-corrected chi connectivity index (χ3v) is 6.20. The molecule has 0 aromatic heterocycles. The van der Waals surface area contributed by atoms with E-state index in [0.29, 0.717) is 0 Å². The Balaban J connectivity index is 1.86. The number of hydrogen-bond donors (Lipinski definition) is 2. The molecule has 1 aliphatic rings. The molecule has 0 unspecified atom stereocenters. The van der Waals surface area contributed by atoms with E-state index in [-0.39, 0.29) is 48.3 Å². The lowest BCUT2D eigenvalue weighted by Gasteiger charge is -2.26. The summed E-state index contributed by atoms with van der Waals surface area (Å²) in [5.41, 5.74) is -0.0815. The monoisotopic (exact) mass is 477 g/mol. The lowest BCUT2D eigenvalue weighted by atomic mass is 10.3. The minimum Gasteiger partial charge on any atom is -0.482 e. The summed E-state index contributed by atoms with van der Waals surface area (Å²) >= 11 is 0. The highest BCUT2D eigenvalue weighted by atomic mass is 32.2. The van der Waals surface area contributed by atoms with Crippen LogP contribution >= 0.6 is 0 Å². The number of anilines is 2. The van der Waals surface area contributed by atoms with Gasteiger partial charge in [0.05, 0.1) is 23.8 Å². The Morgan fingerprint density at radius 1 is 1.06 bits per heavy atom. The number of nitrogens with zero attached hydrogens (tertiary/aromatic N) is 1. The van der Waals surface area contributed by atoms with Gasteiger partial charge in [0, 0.05) is 18.8 Å². The minimum atomic E-state index is -4.65. The molecule has 3 rings (SSSR count). The van der Waals surface area contributed by atoms with Crippen molar-refractivity contribution in [1.82, 2.24) is 4.31 Å². The molecule has 0 spiro atoms. The predicted molar refractivity (Wildman–Crippen MR) is 107 cm³/mol. The standard InChI is InChI=1S/C19H19F4N3O5S/c20-13-1-3-14(4-2-13)24-18(27)25-16-11-15(5-6-17(16)31-12-19(21,22)23)32(28,29)26-7-9-30-10-8-26/h1-6,11H,7-10,12H2,(H2,24,25,27). The first kappa shape index (κ1) is 23.8. The highest BCUT2D eigenvalue weighted by Crippen LogP contribution is 2.31. The Labute approximate surface area is 181 Å². The maximum atomic E-state index is 13.0. The average Bonchev–Trinajstić information content (AvgIpc) is 2.74. The molecule has 1 fully saturated rings. The number of amides is 2. The summed E-state index contributed by atoms with van der Waals surface area (Å²) in [5.74, 6) is -0.905. The van der Waals surface area contributed by atoms with Crippen LogP contribution in [0.25, 0.3) is 0 Å². The van der Waals surface area contributed by atoms with Crippen LogP contribution < -0.4 is 15.4 Å². The first-order chi connectivity index (χ1) is 15.0.